The molecule has 1 aromatic rings. The molecule has 1 atom stereocenters. The highest BCUT2D eigenvalue weighted by atomic mass is 35.5. The summed E-state index contributed by atoms with van der Waals surface area (Å²) in [5.74, 6) is -3.87. The van der Waals surface area contributed by atoms with Crippen LogP contribution >= 0.6 is 24.0 Å². The number of phenols is 1. The van der Waals surface area contributed by atoms with Gasteiger partial charge < -0.3 is 15.9 Å². The average molecular weight is 274 g/mol. The molecule has 0 aliphatic heterocycles. The molecule has 0 spiro atoms. The summed E-state index contributed by atoms with van der Waals surface area (Å²) in [5, 5.41) is 17.9. The molecule has 3 nitrogen and oxygen atoms in total. The molecular weight excluding hydrogens is 263 g/mol. The number of aromatic hydroxyl groups is 1. The number of halogens is 4. The van der Waals surface area contributed by atoms with Gasteiger partial charge in [-0.25, -0.2) is 8.78 Å². The number of aliphatic hydroxyl groups excluding tert-OH is 1. The van der Waals surface area contributed by atoms with E-state index in [9.17, 15) is 13.9 Å². The molecule has 0 radical (unpaired) electrons. The summed E-state index contributed by atoms with van der Waals surface area (Å²) in [6, 6.07) is 1.88. The second-order valence-electron chi connectivity index (χ2n) is 3.10. The molecule has 0 aliphatic carbocycles. The van der Waals surface area contributed by atoms with Crippen LogP contribution in [0.2, 0.25) is 5.02 Å². The Bertz CT molecular complexity index is 363. The van der Waals surface area contributed by atoms with Crippen molar-refractivity contribution in [2.24, 2.45) is 5.73 Å². The molecule has 1 rings (SSSR count). The Morgan fingerprint density at radius 1 is 1.44 bits per heavy atom. The van der Waals surface area contributed by atoms with Crippen molar-refractivity contribution in [1.29, 1.82) is 0 Å². The Morgan fingerprint density at radius 3 is 2.50 bits per heavy atom. The van der Waals surface area contributed by atoms with Crippen molar-refractivity contribution < 1.29 is 19.0 Å². The molecular formula is C9H11Cl2F2NO2. The van der Waals surface area contributed by atoms with Crippen LogP contribution in [0.5, 0.6) is 5.75 Å². The molecule has 16 heavy (non-hydrogen) atoms. The number of aliphatic hydroxyl groups is 1. The first-order valence-electron chi connectivity index (χ1n) is 4.11. The first-order valence-corrected chi connectivity index (χ1v) is 4.49. The third-order valence-electron chi connectivity index (χ3n) is 1.99. The number of rotatable bonds is 3. The molecule has 0 amide bonds. The minimum atomic E-state index is -3.50. The van der Waals surface area contributed by atoms with Gasteiger partial charge in [-0.3, -0.25) is 0 Å². The predicted octanol–water partition coefficient (Wildman–Crippen LogP) is 2.09. The Labute approximate surface area is 102 Å². The number of nitrogens with two attached hydrogens (primary N) is 1. The Hall–Kier alpha value is -0.620. The van der Waals surface area contributed by atoms with Crippen LogP contribution in [0.3, 0.4) is 0 Å². The monoisotopic (exact) mass is 273 g/mol. The number of phenolic OH excluding ortho intramolecular Hbond substituents is 1. The number of hydrogen-bond acceptors (Lipinski definition) is 3. The van der Waals surface area contributed by atoms with E-state index < -0.39 is 18.6 Å². The normalized spacial score (nSPS) is 13.1. The lowest BCUT2D eigenvalue weighted by atomic mass is 10.0. The molecule has 0 fully saturated rings. The van der Waals surface area contributed by atoms with Gasteiger partial charge in [0.05, 0.1) is 0 Å². The summed E-state index contributed by atoms with van der Waals surface area (Å²) in [7, 11) is 0. The summed E-state index contributed by atoms with van der Waals surface area (Å²) < 4.78 is 26.0. The Morgan fingerprint density at radius 2 is 2.00 bits per heavy atom. The van der Waals surface area contributed by atoms with Gasteiger partial charge in [-0.1, -0.05) is 11.6 Å². The van der Waals surface area contributed by atoms with Crippen molar-refractivity contribution in [2.75, 3.05) is 6.61 Å². The van der Waals surface area contributed by atoms with Crippen molar-refractivity contribution in [2.45, 2.75) is 12.0 Å². The highest BCUT2D eigenvalue weighted by Gasteiger charge is 2.38. The van der Waals surface area contributed by atoms with Gasteiger partial charge in [-0.2, -0.15) is 0 Å². The van der Waals surface area contributed by atoms with Crippen molar-refractivity contribution >= 4 is 24.0 Å². The molecule has 0 saturated carbocycles. The summed E-state index contributed by atoms with van der Waals surface area (Å²) in [5.41, 5.74) is 5.03. The quantitative estimate of drug-likeness (QED) is 0.790. The fourth-order valence-corrected chi connectivity index (χ4v) is 1.28. The fourth-order valence-electron chi connectivity index (χ4n) is 1.10. The lowest BCUT2D eigenvalue weighted by Gasteiger charge is -2.22. The van der Waals surface area contributed by atoms with Gasteiger partial charge in [0.15, 0.2) is 0 Å². The SMILES string of the molecule is Cl.N[C@H](c1cc(Cl)ccc1O)C(F)(F)CO. The lowest BCUT2D eigenvalue weighted by Crippen LogP contribution is -2.36. The smallest absolute Gasteiger partial charge is 0.289 e. The molecule has 7 heteroatoms. The van der Waals surface area contributed by atoms with Gasteiger partial charge in [0, 0.05) is 10.6 Å². The van der Waals surface area contributed by atoms with E-state index in [1.807, 2.05) is 0 Å². The van der Waals surface area contributed by atoms with E-state index in [2.05, 4.69) is 0 Å². The van der Waals surface area contributed by atoms with Gasteiger partial charge in [0.25, 0.3) is 5.92 Å². The Balaban J connectivity index is 0.00000225. The van der Waals surface area contributed by atoms with E-state index in [1.165, 1.54) is 12.1 Å². The summed E-state index contributed by atoms with van der Waals surface area (Å²) in [6.07, 6.45) is 0. The van der Waals surface area contributed by atoms with Crippen LogP contribution < -0.4 is 5.73 Å². The second kappa shape index (κ2) is 5.63. The first kappa shape index (κ1) is 15.4. The van der Waals surface area contributed by atoms with Crippen LogP contribution in [0.4, 0.5) is 8.78 Å². The predicted molar refractivity (Wildman–Crippen MR) is 59.3 cm³/mol. The van der Waals surface area contributed by atoms with Crippen LogP contribution in [0.1, 0.15) is 11.6 Å². The highest BCUT2D eigenvalue weighted by molar-refractivity contribution is 6.30. The van der Waals surface area contributed by atoms with E-state index in [-0.39, 0.29) is 28.7 Å². The third kappa shape index (κ3) is 3.18. The first-order chi connectivity index (χ1) is 6.88. The van der Waals surface area contributed by atoms with Gasteiger partial charge in [0.1, 0.15) is 18.4 Å². The standard InChI is InChI=1S/C9H10ClF2NO2.ClH/c10-5-1-2-7(15)6(3-5)8(13)9(11,12)4-14;/h1-3,8,14-15H,4,13H2;1H/t8-;/m1./s1. The molecule has 0 saturated heterocycles. The van der Waals surface area contributed by atoms with Crippen molar-refractivity contribution in [3.63, 3.8) is 0 Å². The minimum Gasteiger partial charge on any atom is -0.508 e. The molecule has 4 N–H and O–H groups in total. The molecule has 0 unspecified atom stereocenters. The Kier molecular flexibility index (Phi) is 5.41. The number of hydrogen-bond donors (Lipinski definition) is 3. The summed E-state index contributed by atoms with van der Waals surface area (Å²) in [4.78, 5) is 0. The van der Waals surface area contributed by atoms with Crippen LogP contribution in [-0.4, -0.2) is 22.7 Å². The van der Waals surface area contributed by atoms with Crippen molar-refractivity contribution in [1.82, 2.24) is 0 Å². The number of alkyl halides is 2. The summed E-state index contributed by atoms with van der Waals surface area (Å²) >= 11 is 5.58. The zero-order valence-electron chi connectivity index (χ0n) is 8.03. The molecule has 0 aromatic heterocycles. The van der Waals surface area contributed by atoms with Crippen LogP contribution in [0.25, 0.3) is 0 Å². The number of benzene rings is 1. The van der Waals surface area contributed by atoms with Crippen molar-refractivity contribution in [3.05, 3.63) is 28.8 Å². The molecule has 0 aliphatic rings. The lowest BCUT2D eigenvalue weighted by molar-refractivity contribution is -0.0715. The largest absolute Gasteiger partial charge is 0.508 e. The van der Waals surface area contributed by atoms with Crippen molar-refractivity contribution in [3.8, 4) is 5.75 Å². The molecule has 0 heterocycles. The van der Waals surface area contributed by atoms with E-state index in [4.69, 9.17) is 22.4 Å². The van der Waals surface area contributed by atoms with Gasteiger partial charge >= 0.3 is 0 Å². The zero-order valence-corrected chi connectivity index (χ0v) is 9.60. The maximum absolute atomic E-state index is 13.0. The minimum absolute atomic E-state index is 0. The van der Waals surface area contributed by atoms with Crippen LogP contribution in [-0.2, 0) is 0 Å². The van der Waals surface area contributed by atoms with E-state index >= 15 is 0 Å². The highest BCUT2D eigenvalue weighted by Crippen LogP contribution is 2.34. The van der Waals surface area contributed by atoms with Gasteiger partial charge in [0.2, 0.25) is 0 Å². The zero-order chi connectivity index (χ0) is 11.6. The molecule has 0 bridgehead atoms. The van der Waals surface area contributed by atoms with Crippen LogP contribution in [0, 0.1) is 0 Å². The van der Waals surface area contributed by atoms with Gasteiger partial charge in [-0.15, -0.1) is 12.4 Å². The topological polar surface area (TPSA) is 66.5 Å². The van der Waals surface area contributed by atoms with Crippen LogP contribution in [0.15, 0.2) is 18.2 Å². The maximum Gasteiger partial charge on any atom is 0.289 e. The third-order valence-corrected chi connectivity index (χ3v) is 2.23. The molecule has 92 valence electrons. The summed E-state index contributed by atoms with van der Waals surface area (Å²) in [6.45, 7) is -1.39. The van der Waals surface area contributed by atoms with E-state index in [0.29, 0.717) is 0 Å². The fraction of sp³-hybridized carbons (Fsp3) is 0.333. The molecule has 1 aromatic carbocycles. The maximum atomic E-state index is 13.0. The van der Waals surface area contributed by atoms with E-state index in [0.717, 1.165) is 6.07 Å². The average Bonchev–Trinajstić information content (AvgIpc) is 2.20. The second-order valence-corrected chi connectivity index (χ2v) is 3.54. The van der Waals surface area contributed by atoms with Gasteiger partial charge in [-0.05, 0) is 18.2 Å². The van der Waals surface area contributed by atoms with E-state index in [1.54, 1.807) is 0 Å².